The summed E-state index contributed by atoms with van der Waals surface area (Å²) >= 11 is 1.29. The quantitative estimate of drug-likeness (QED) is 0.792. The zero-order valence-corrected chi connectivity index (χ0v) is 17.2. The SMILES string of the molecule is CSC(=O)NC12CC3CC(C1)CC(c1n[nH]c(CCc4ccccc4)n1)(C3)C2. The maximum absolute atomic E-state index is 12.2. The van der Waals surface area contributed by atoms with Crippen molar-refractivity contribution in [2.75, 3.05) is 6.26 Å². The number of rotatable bonds is 5. The van der Waals surface area contributed by atoms with E-state index in [1.165, 1.54) is 36.6 Å². The molecule has 2 N–H and O–H groups in total. The van der Waals surface area contributed by atoms with Crippen LogP contribution < -0.4 is 5.32 Å². The number of carbonyl (C=O) groups is 1. The Hall–Kier alpha value is -1.82. The van der Waals surface area contributed by atoms with E-state index in [1.807, 2.05) is 6.26 Å². The first-order valence-electron chi connectivity index (χ1n) is 10.4. The van der Waals surface area contributed by atoms with Crippen molar-refractivity contribution in [2.45, 2.75) is 62.3 Å². The minimum Gasteiger partial charge on any atom is -0.341 e. The maximum Gasteiger partial charge on any atom is 0.279 e. The molecule has 1 amide bonds. The number of aryl methyl sites for hydroxylation is 2. The first-order chi connectivity index (χ1) is 13.6. The molecule has 1 heterocycles. The molecule has 2 atom stereocenters. The van der Waals surface area contributed by atoms with Gasteiger partial charge in [-0.15, -0.1) is 0 Å². The Labute approximate surface area is 170 Å². The number of H-pyrrole nitrogens is 1. The predicted octanol–water partition coefficient (Wildman–Crippen LogP) is 4.25. The van der Waals surface area contributed by atoms with E-state index >= 15 is 0 Å². The molecule has 2 aromatic rings. The number of carbonyl (C=O) groups excluding carboxylic acids is 1. The molecule has 0 radical (unpaired) electrons. The van der Waals surface area contributed by atoms with Crippen LogP contribution in [-0.2, 0) is 18.3 Å². The van der Waals surface area contributed by atoms with Crippen molar-refractivity contribution in [3.8, 4) is 0 Å². The molecule has 4 aliphatic carbocycles. The van der Waals surface area contributed by atoms with E-state index in [2.05, 4.69) is 40.7 Å². The summed E-state index contributed by atoms with van der Waals surface area (Å²) in [6.07, 6.45) is 10.6. The number of hydrogen-bond acceptors (Lipinski definition) is 4. The number of hydrogen-bond donors (Lipinski definition) is 2. The minimum atomic E-state index is -0.0466. The molecule has 6 rings (SSSR count). The largest absolute Gasteiger partial charge is 0.341 e. The molecule has 1 aromatic carbocycles. The van der Waals surface area contributed by atoms with Gasteiger partial charge in [0.1, 0.15) is 5.82 Å². The van der Waals surface area contributed by atoms with Crippen molar-refractivity contribution in [1.82, 2.24) is 20.5 Å². The molecule has 0 saturated heterocycles. The molecule has 4 aliphatic rings. The zero-order valence-electron chi connectivity index (χ0n) is 16.4. The summed E-state index contributed by atoms with van der Waals surface area (Å²) in [5, 5.41) is 11.4. The molecule has 148 valence electrons. The topological polar surface area (TPSA) is 70.7 Å². The summed E-state index contributed by atoms with van der Waals surface area (Å²) in [6, 6.07) is 10.5. The monoisotopic (exact) mass is 396 g/mol. The molecule has 4 saturated carbocycles. The van der Waals surface area contributed by atoms with Crippen LogP contribution in [-0.4, -0.2) is 32.2 Å². The van der Waals surface area contributed by atoms with Crippen LogP contribution in [0.25, 0.3) is 0 Å². The lowest BCUT2D eigenvalue weighted by Crippen LogP contribution is -2.64. The number of amides is 1. The van der Waals surface area contributed by atoms with Gasteiger partial charge in [0.25, 0.3) is 5.24 Å². The second-order valence-corrected chi connectivity index (χ2v) is 10.0. The van der Waals surface area contributed by atoms with E-state index in [0.717, 1.165) is 43.8 Å². The van der Waals surface area contributed by atoms with E-state index in [0.29, 0.717) is 11.8 Å². The van der Waals surface area contributed by atoms with Gasteiger partial charge >= 0.3 is 0 Å². The Morgan fingerprint density at radius 1 is 1.18 bits per heavy atom. The standard InChI is InChI=1S/C22H28N4OS/c1-28-20(27)24-22-12-16-9-17(13-22)11-21(10-16,14-22)19-23-18(25-26-19)8-7-15-5-3-2-4-6-15/h2-6,16-17H,7-14H2,1H3,(H,24,27)(H,23,25,26). The number of aromatic amines is 1. The summed E-state index contributed by atoms with van der Waals surface area (Å²) in [7, 11) is 0. The van der Waals surface area contributed by atoms with E-state index in [9.17, 15) is 4.79 Å². The van der Waals surface area contributed by atoms with Gasteiger partial charge in [0, 0.05) is 17.4 Å². The van der Waals surface area contributed by atoms with Crippen LogP contribution in [0.1, 0.15) is 55.7 Å². The van der Waals surface area contributed by atoms with Crippen molar-refractivity contribution >= 4 is 17.0 Å². The fraction of sp³-hybridized carbons (Fsp3) is 0.591. The minimum absolute atomic E-state index is 0.0390. The van der Waals surface area contributed by atoms with Crippen LogP contribution >= 0.6 is 11.8 Å². The summed E-state index contributed by atoms with van der Waals surface area (Å²) < 4.78 is 0. The Morgan fingerprint density at radius 3 is 2.64 bits per heavy atom. The molecular formula is C22H28N4OS. The normalized spacial score (nSPS) is 33.2. The second kappa shape index (κ2) is 6.90. The molecule has 6 heteroatoms. The highest BCUT2D eigenvalue weighted by Crippen LogP contribution is 2.61. The van der Waals surface area contributed by atoms with Gasteiger partial charge in [0.05, 0.1) is 0 Å². The van der Waals surface area contributed by atoms with Crippen LogP contribution in [0.2, 0.25) is 0 Å². The highest BCUT2D eigenvalue weighted by molar-refractivity contribution is 8.12. The summed E-state index contributed by atoms with van der Waals surface area (Å²) in [6.45, 7) is 0. The van der Waals surface area contributed by atoms with Crippen LogP contribution in [0, 0.1) is 11.8 Å². The van der Waals surface area contributed by atoms with E-state index in [1.54, 1.807) is 0 Å². The van der Waals surface area contributed by atoms with Crippen LogP contribution in [0.4, 0.5) is 4.79 Å². The molecule has 28 heavy (non-hydrogen) atoms. The molecular weight excluding hydrogens is 368 g/mol. The van der Waals surface area contributed by atoms with E-state index in [4.69, 9.17) is 10.1 Å². The van der Waals surface area contributed by atoms with Crippen LogP contribution in [0.3, 0.4) is 0 Å². The van der Waals surface area contributed by atoms with Gasteiger partial charge in [-0.05, 0) is 68.6 Å². The maximum atomic E-state index is 12.2. The third-order valence-electron chi connectivity index (χ3n) is 7.11. The average Bonchev–Trinajstić information content (AvgIpc) is 3.16. The second-order valence-electron chi connectivity index (χ2n) is 9.23. The van der Waals surface area contributed by atoms with Gasteiger partial charge in [-0.25, -0.2) is 4.98 Å². The van der Waals surface area contributed by atoms with Crippen LogP contribution in [0.5, 0.6) is 0 Å². The number of nitrogens with zero attached hydrogens (tertiary/aromatic N) is 2. The van der Waals surface area contributed by atoms with Gasteiger partial charge in [-0.2, -0.15) is 5.10 Å². The Morgan fingerprint density at radius 2 is 1.93 bits per heavy atom. The van der Waals surface area contributed by atoms with Gasteiger partial charge < -0.3 is 5.32 Å². The zero-order chi connectivity index (χ0) is 19.2. The first kappa shape index (κ1) is 18.2. The third kappa shape index (κ3) is 3.25. The van der Waals surface area contributed by atoms with E-state index in [-0.39, 0.29) is 16.2 Å². The summed E-state index contributed by atoms with van der Waals surface area (Å²) in [4.78, 5) is 17.1. The van der Waals surface area contributed by atoms with Gasteiger partial charge in [-0.3, -0.25) is 9.89 Å². The van der Waals surface area contributed by atoms with Crippen LogP contribution in [0.15, 0.2) is 30.3 Å². The van der Waals surface area contributed by atoms with Gasteiger partial charge in [-0.1, -0.05) is 42.1 Å². The Kier molecular flexibility index (Phi) is 4.49. The number of thioether (sulfide) groups is 1. The highest BCUT2D eigenvalue weighted by atomic mass is 32.2. The molecule has 1 aromatic heterocycles. The van der Waals surface area contributed by atoms with Crippen molar-refractivity contribution in [3.63, 3.8) is 0 Å². The third-order valence-corrected chi connectivity index (χ3v) is 7.59. The number of aromatic nitrogens is 3. The first-order valence-corrected chi connectivity index (χ1v) is 11.6. The van der Waals surface area contributed by atoms with Crippen molar-refractivity contribution in [2.24, 2.45) is 11.8 Å². The molecule has 2 unspecified atom stereocenters. The lowest BCUT2D eigenvalue weighted by atomic mass is 9.46. The van der Waals surface area contributed by atoms with Gasteiger partial charge in [0.2, 0.25) is 0 Å². The Balaban J connectivity index is 1.36. The lowest BCUT2D eigenvalue weighted by molar-refractivity contribution is -0.0371. The van der Waals surface area contributed by atoms with Gasteiger partial charge in [0.15, 0.2) is 5.82 Å². The molecule has 4 fully saturated rings. The van der Waals surface area contributed by atoms with Crippen molar-refractivity contribution in [1.29, 1.82) is 0 Å². The fourth-order valence-electron chi connectivity index (χ4n) is 6.49. The molecule has 0 spiro atoms. The average molecular weight is 397 g/mol. The molecule has 4 bridgehead atoms. The lowest BCUT2D eigenvalue weighted by Gasteiger charge is -2.61. The highest BCUT2D eigenvalue weighted by Gasteiger charge is 2.60. The fourth-order valence-corrected chi connectivity index (χ4v) is 6.81. The smallest absolute Gasteiger partial charge is 0.279 e. The molecule has 0 aliphatic heterocycles. The predicted molar refractivity (Wildman–Crippen MR) is 111 cm³/mol. The summed E-state index contributed by atoms with van der Waals surface area (Å²) in [5.74, 6) is 3.36. The summed E-state index contributed by atoms with van der Waals surface area (Å²) in [5.41, 5.74) is 1.32. The van der Waals surface area contributed by atoms with Crippen molar-refractivity contribution in [3.05, 3.63) is 47.5 Å². The Bertz CT molecular complexity index is 850. The molecule has 5 nitrogen and oxygen atoms in total. The number of nitrogens with one attached hydrogen (secondary N) is 2. The van der Waals surface area contributed by atoms with E-state index < -0.39 is 0 Å². The number of benzene rings is 1. The van der Waals surface area contributed by atoms with Crippen molar-refractivity contribution < 1.29 is 4.79 Å².